The molecule has 2 rings (SSSR count). The van der Waals surface area contributed by atoms with Crippen molar-refractivity contribution in [3.63, 3.8) is 0 Å². The van der Waals surface area contributed by atoms with Crippen molar-refractivity contribution in [2.45, 2.75) is 32.6 Å². The molecule has 0 unspecified atom stereocenters. The van der Waals surface area contributed by atoms with Crippen molar-refractivity contribution in [1.29, 1.82) is 0 Å². The SMILES string of the molecule is CC(C)c1cccc(NC(=O)CSC(=S)N2CCCC2)c1. The van der Waals surface area contributed by atoms with Crippen molar-refractivity contribution >= 4 is 39.9 Å². The topological polar surface area (TPSA) is 32.3 Å². The molecule has 3 nitrogen and oxygen atoms in total. The first-order valence-electron chi connectivity index (χ1n) is 7.38. The molecule has 0 bridgehead atoms. The van der Waals surface area contributed by atoms with Gasteiger partial charge in [-0.05, 0) is 36.5 Å². The van der Waals surface area contributed by atoms with Crippen molar-refractivity contribution < 1.29 is 4.79 Å². The maximum absolute atomic E-state index is 12.0. The number of rotatable bonds is 4. The normalized spacial score (nSPS) is 14.5. The van der Waals surface area contributed by atoms with Crippen LogP contribution < -0.4 is 5.32 Å². The van der Waals surface area contributed by atoms with Gasteiger partial charge in [-0.3, -0.25) is 4.79 Å². The smallest absolute Gasteiger partial charge is 0.234 e. The quantitative estimate of drug-likeness (QED) is 0.853. The molecule has 5 heteroatoms. The fourth-order valence-electron chi connectivity index (χ4n) is 2.29. The number of thioether (sulfide) groups is 1. The maximum Gasteiger partial charge on any atom is 0.234 e. The standard InChI is InChI=1S/C16H22N2OS2/c1-12(2)13-6-5-7-14(10-13)17-15(19)11-21-16(20)18-8-3-4-9-18/h5-7,10,12H,3-4,8-9,11H2,1-2H3,(H,17,19). The lowest BCUT2D eigenvalue weighted by atomic mass is 10.0. The molecule has 114 valence electrons. The summed E-state index contributed by atoms with van der Waals surface area (Å²) in [6.45, 7) is 6.35. The number of carbonyl (C=O) groups is 1. The largest absolute Gasteiger partial charge is 0.358 e. The lowest BCUT2D eigenvalue weighted by Gasteiger charge is -2.17. The molecule has 0 aliphatic carbocycles. The minimum Gasteiger partial charge on any atom is -0.358 e. The summed E-state index contributed by atoms with van der Waals surface area (Å²) in [7, 11) is 0. The van der Waals surface area contributed by atoms with E-state index in [1.165, 1.54) is 30.2 Å². The van der Waals surface area contributed by atoms with E-state index in [0.717, 1.165) is 23.1 Å². The summed E-state index contributed by atoms with van der Waals surface area (Å²) < 4.78 is 0.846. The molecule has 1 aliphatic rings. The molecule has 0 spiro atoms. The third-order valence-corrected chi connectivity index (χ3v) is 5.05. The lowest BCUT2D eigenvalue weighted by Crippen LogP contribution is -2.25. The molecule has 1 heterocycles. The van der Waals surface area contributed by atoms with Crippen LogP contribution in [0.5, 0.6) is 0 Å². The summed E-state index contributed by atoms with van der Waals surface area (Å²) >= 11 is 6.82. The van der Waals surface area contributed by atoms with Crippen molar-refractivity contribution in [3.8, 4) is 0 Å². The van der Waals surface area contributed by atoms with E-state index >= 15 is 0 Å². The van der Waals surface area contributed by atoms with Crippen molar-refractivity contribution in [2.24, 2.45) is 0 Å². The lowest BCUT2D eigenvalue weighted by molar-refractivity contribution is -0.113. The van der Waals surface area contributed by atoms with E-state index in [1.807, 2.05) is 18.2 Å². The number of nitrogens with one attached hydrogen (secondary N) is 1. The number of likely N-dealkylation sites (tertiary alicyclic amines) is 1. The second-order valence-corrected chi connectivity index (χ2v) is 7.19. The van der Waals surface area contributed by atoms with E-state index in [1.54, 1.807) is 0 Å². The maximum atomic E-state index is 12.0. The Balaban J connectivity index is 1.81. The Bertz CT molecular complexity index is 511. The molecule has 1 aliphatic heterocycles. The van der Waals surface area contributed by atoms with Gasteiger partial charge in [0.15, 0.2) is 0 Å². The average Bonchev–Trinajstić information content (AvgIpc) is 2.99. The number of anilines is 1. The molecule has 1 aromatic carbocycles. The molecule has 1 N–H and O–H groups in total. The number of benzene rings is 1. The number of carbonyl (C=O) groups excluding carboxylic acids is 1. The highest BCUT2D eigenvalue weighted by Gasteiger charge is 2.16. The Labute approximate surface area is 136 Å². The van der Waals surface area contributed by atoms with Crippen molar-refractivity contribution in [3.05, 3.63) is 29.8 Å². The summed E-state index contributed by atoms with van der Waals surface area (Å²) in [4.78, 5) is 14.2. The van der Waals surface area contributed by atoms with E-state index < -0.39 is 0 Å². The zero-order chi connectivity index (χ0) is 15.2. The van der Waals surface area contributed by atoms with Crippen molar-refractivity contribution in [1.82, 2.24) is 4.90 Å². The van der Waals surface area contributed by atoms with Gasteiger partial charge in [0.2, 0.25) is 5.91 Å². The van der Waals surface area contributed by atoms with Gasteiger partial charge in [0.1, 0.15) is 4.32 Å². The van der Waals surface area contributed by atoms with Gasteiger partial charge in [-0.15, -0.1) is 0 Å². The van der Waals surface area contributed by atoms with Gasteiger partial charge in [-0.2, -0.15) is 0 Å². The van der Waals surface area contributed by atoms with Crippen LogP contribution in [-0.4, -0.2) is 34.0 Å². The first-order chi connectivity index (χ1) is 10.1. The Morgan fingerprint density at radius 2 is 2.10 bits per heavy atom. The first-order valence-corrected chi connectivity index (χ1v) is 8.77. The van der Waals surface area contributed by atoms with Crippen LogP contribution in [0, 0.1) is 0 Å². The van der Waals surface area contributed by atoms with E-state index in [9.17, 15) is 4.79 Å². The Morgan fingerprint density at radius 1 is 1.38 bits per heavy atom. The summed E-state index contributed by atoms with van der Waals surface area (Å²) in [5.41, 5.74) is 2.09. The second-order valence-electron chi connectivity index (χ2n) is 5.58. The van der Waals surface area contributed by atoms with Crippen LogP contribution >= 0.6 is 24.0 Å². The van der Waals surface area contributed by atoms with E-state index in [4.69, 9.17) is 12.2 Å². The van der Waals surface area contributed by atoms with Crippen LogP contribution in [-0.2, 0) is 4.79 Å². The molecule has 0 aromatic heterocycles. The highest BCUT2D eigenvalue weighted by atomic mass is 32.2. The third kappa shape index (κ3) is 5.00. The van der Waals surface area contributed by atoms with Crippen LogP contribution in [0.3, 0.4) is 0 Å². The molecule has 1 fully saturated rings. The van der Waals surface area contributed by atoms with Crippen LogP contribution in [0.4, 0.5) is 5.69 Å². The molecule has 0 radical (unpaired) electrons. The highest BCUT2D eigenvalue weighted by molar-refractivity contribution is 8.23. The summed E-state index contributed by atoms with van der Waals surface area (Å²) in [5.74, 6) is 0.836. The van der Waals surface area contributed by atoms with Gasteiger partial charge in [0.05, 0.1) is 5.75 Å². The number of thiocarbonyl (C=S) groups is 1. The fourth-order valence-corrected chi connectivity index (χ4v) is 3.34. The zero-order valence-corrected chi connectivity index (χ0v) is 14.2. The second kappa shape index (κ2) is 7.80. The molecule has 1 aromatic rings. The van der Waals surface area contributed by atoms with Crippen LogP contribution in [0.1, 0.15) is 38.2 Å². The van der Waals surface area contributed by atoms with E-state index in [0.29, 0.717) is 11.7 Å². The Morgan fingerprint density at radius 3 is 2.76 bits per heavy atom. The van der Waals surface area contributed by atoms with Gasteiger partial charge in [0.25, 0.3) is 0 Å². The number of amides is 1. The summed E-state index contributed by atoms with van der Waals surface area (Å²) in [6, 6.07) is 8.02. The number of hydrogen-bond acceptors (Lipinski definition) is 3. The van der Waals surface area contributed by atoms with Gasteiger partial charge in [0, 0.05) is 18.8 Å². The Hall–Kier alpha value is -1.07. The summed E-state index contributed by atoms with van der Waals surface area (Å²) in [5, 5.41) is 2.95. The molecule has 1 saturated heterocycles. The minimum atomic E-state index is 0.00227. The molecular weight excluding hydrogens is 300 g/mol. The zero-order valence-electron chi connectivity index (χ0n) is 12.6. The van der Waals surface area contributed by atoms with E-state index in [-0.39, 0.29) is 5.91 Å². The van der Waals surface area contributed by atoms with Gasteiger partial charge in [-0.25, -0.2) is 0 Å². The number of nitrogens with zero attached hydrogens (tertiary/aromatic N) is 1. The average molecular weight is 322 g/mol. The monoisotopic (exact) mass is 322 g/mol. The fraction of sp³-hybridized carbons (Fsp3) is 0.500. The first kappa shape index (κ1) is 16.3. The molecule has 1 amide bonds. The van der Waals surface area contributed by atoms with Crippen molar-refractivity contribution in [2.75, 3.05) is 24.2 Å². The Kier molecular flexibility index (Phi) is 6.06. The molecule has 21 heavy (non-hydrogen) atoms. The van der Waals surface area contributed by atoms with Crippen LogP contribution in [0.15, 0.2) is 24.3 Å². The minimum absolute atomic E-state index is 0.00227. The predicted octanol–water partition coefficient (Wildman–Crippen LogP) is 3.86. The van der Waals surface area contributed by atoms with Gasteiger partial charge >= 0.3 is 0 Å². The van der Waals surface area contributed by atoms with Crippen LogP contribution in [0.2, 0.25) is 0 Å². The molecular formula is C16H22N2OS2. The third-order valence-electron chi connectivity index (χ3n) is 3.53. The van der Waals surface area contributed by atoms with Gasteiger partial charge < -0.3 is 10.2 Å². The predicted molar refractivity (Wildman–Crippen MR) is 95.0 cm³/mol. The highest BCUT2D eigenvalue weighted by Crippen LogP contribution is 2.19. The number of hydrogen-bond donors (Lipinski definition) is 1. The summed E-state index contributed by atoms with van der Waals surface area (Å²) in [6.07, 6.45) is 2.41. The molecule has 0 saturated carbocycles. The van der Waals surface area contributed by atoms with E-state index in [2.05, 4.69) is 30.1 Å². The molecule has 0 atom stereocenters. The van der Waals surface area contributed by atoms with Gasteiger partial charge in [-0.1, -0.05) is 50.0 Å². The van der Waals surface area contributed by atoms with Crippen LogP contribution in [0.25, 0.3) is 0 Å².